The van der Waals surface area contributed by atoms with Crippen LogP contribution >= 0.6 is 0 Å². The molecule has 9 nitrogen and oxygen atoms in total. The molecule has 1 saturated carbocycles. The first-order valence-corrected chi connectivity index (χ1v) is 10.1. The van der Waals surface area contributed by atoms with Crippen molar-refractivity contribution in [2.75, 3.05) is 0 Å². The summed E-state index contributed by atoms with van der Waals surface area (Å²) in [7, 11) is 0. The maximum Gasteiger partial charge on any atom is 0.341 e. The lowest BCUT2D eigenvalue weighted by atomic mass is 9.75. The van der Waals surface area contributed by atoms with E-state index in [4.69, 9.17) is 14.2 Å². The SMILES string of the molecule is CCCC(=O)O[C@H]1C[C@](C)(OC(C)=O)[C@H]2CC(=O)C(C)=C2[C@@H]2OC(=O)[C@@](C)(O)[C@@]12O. The highest BCUT2D eigenvalue weighted by atomic mass is 16.6. The van der Waals surface area contributed by atoms with Crippen molar-refractivity contribution in [1.82, 2.24) is 0 Å². The van der Waals surface area contributed by atoms with E-state index in [0.29, 0.717) is 6.42 Å². The molecule has 9 heteroatoms. The molecule has 0 aromatic rings. The Morgan fingerprint density at radius 1 is 1.23 bits per heavy atom. The van der Waals surface area contributed by atoms with Crippen molar-refractivity contribution in [1.29, 1.82) is 0 Å². The van der Waals surface area contributed by atoms with E-state index in [0.717, 1.165) is 6.92 Å². The minimum absolute atomic E-state index is 0.0210. The molecule has 1 heterocycles. The second-order valence-corrected chi connectivity index (χ2v) is 8.78. The van der Waals surface area contributed by atoms with Crippen molar-refractivity contribution in [2.45, 2.75) is 89.3 Å². The van der Waals surface area contributed by atoms with Gasteiger partial charge in [0.2, 0.25) is 0 Å². The molecule has 2 fully saturated rings. The Morgan fingerprint density at radius 2 is 1.87 bits per heavy atom. The van der Waals surface area contributed by atoms with Crippen LogP contribution in [0.1, 0.15) is 60.3 Å². The molecule has 1 saturated heterocycles. The number of ketones is 1. The van der Waals surface area contributed by atoms with Crippen LogP contribution < -0.4 is 0 Å². The minimum atomic E-state index is -2.42. The highest BCUT2D eigenvalue weighted by Gasteiger charge is 2.74. The fourth-order valence-electron chi connectivity index (χ4n) is 4.97. The summed E-state index contributed by atoms with van der Waals surface area (Å²) < 4.78 is 16.5. The highest BCUT2D eigenvalue weighted by Crippen LogP contribution is 2.55. The van der Waals surface area contributed by atoms with E-state index in [2.05, 4.69) is 0 Å². The van der Waals surface area contributed by atoms with Gasteiger partial charge in [0.25, 0.3) is 0 Å². The summed E-state index contributed by atoms with van der Waals surface area (Å²) in [5.74, 6) is -3.28. The zero-order valence-corrected chi connectivity index (χ0v) is 17.8. The maximum atomic E-state index is 12.5. The van der Waals surface area contributed by atoms with Gasteiger partial charge in [-0.2, -0.15) is 0 Å². The fourth-order valence-corrected chi connectivity index (χ4v) is 4.97. The molecule has 0 unspecified atom stereocenters. The molecule has 2 N–H and O–H groups in total. The third-order valence-electron chi connectivity index (χ3n) is 6.62. The number of carbonyl (C=O) groups is 4. The van der Waals surface area contributed by atoms with Gasteiger partial charge in [0.1, 0.15) is 11.7 Å². The van der Waals surface area contributed by atoms with E-state index in [-0.39, 0.29) is 36.2 Å². The van der Waals surface area contributed by atoms with Gasteiger partial charge in [0, 0.05) is 32.1 Å². The summed E-state index contributed by atoms with van der Waals surface area (Å²) in [6.07, 6.45) is -2.55. The predicted molar refractivity (Wildman–Crippen MR) is 101 cm³/mol. The molecule has 3 aliphatic rings. The quantitative estimate of drug-likeness (QED) is 0.494. The van der Waals surface area contributed by atoms with Crippen molar-refractivity contribution in [2.24, 2.45) is 5.92 Å². The zero-order valence-electron chi connectivity index (χ0n) is 17.8. The monoisotopic (exact) mass is 424 g/mol. The van der Waals surface area contributed by atoms with Gasteiger partial charge in [0.05, 0.1) is 0 Å². The Balaban J connectivity index is 2.23. The number of fused-ring (bicyclic) bond motifs is 3. The van der Waals surface area contributed by atoms with Gasteiger partial charge in [-0.15, -0.1) is 0 Å². The lowest BCUT2D eigenvalue weighted by Crippen LogP contribution is -2.64. The first-order valence-electron chi connectivity index (χ1n) is 10.1. The molecule has 0 spiro atoms. The summed E-state index contributed by atoms with van der Waals surface area (Å²) in [6, 6.07) is 0. The van der Waals surface area contributed by atoms with E-state index < -0.39 is 52.8 Å². The fraction of sp³-hybridized carbons (Fsp3) is 0.714. The van der Waals surface area contributed by atoms with Gasteiger partial charge in [-0.25, -0.2) is 4.79 Å². The third-order valence-corrected chi connectivity index (χ3v) is 6.62. The van der Waals surface area contributed by atoms with Crippen molar-refractivity contribution in [3.8, 4) is 0 Å². The summed E-state index contributed by atoms with van der Waals surface area (Å²) in [4.78, 5) is 49.2. The number of allylic oxidation sites excluding steroid dienone is 1. The second-order valence-electron chi connectivity index (χ2n) is 8.78. The van der Waals surface area contributed by atoms with Gasteiger partial charge in [-0.3, -0.25) is 14.4 Å². The number of hydrogen-bond donors (Lipinski definition) is 2. The van der Waals surface area contributed by atoms with Gasteiger partial charge in [-0.05, 0) is 38.3 Å². The Labute approximate surface area is 174 Å². The first kappa shape index (κ1) is 22.4. The van der Waals surface area contributed by atoms with Gasteiger partial charge >= 0.3 is 17.9 Å². The van der Waals surface area contributed by atoms with E-state index in [1.807, 2.05) is 0 Å². The first-order chi connectivity index (χ1) is 13.8. The van der Waals surface area contributed by atoms with Crippen LogP contribution in [0.15, 0.2) is 11.1 Å². The predicted octanol–water partition coefficient (Wildman–Crippen LogP) is 0.737. The molecule has 0 radical (unpaired) electrons. The Hall–Kier alpha value is -2.26. The Bertz CT molecular complexity index is 841. The lowest BCUT2D eigenvalue weighted by Gasteiger charge is -2.40. The Morgan fingerprint density at radius 3 is 2.43 bits per heavy atom. The smallest absolute Gasteiger partial charge is 0.341 e. The summed E-state index contributed by atoms with van der Waals surface area (Å²) in [6.45, 7) is 7.21. The molecule has 6 atom stereocenters. The van der Waals surface area contributed by atoms with Crippen LogP contribution in [0, 0.1) is 5.92 Å². The second kappa shape index (κ2) is 7.16. The highest BCUT2D eigenvalue weighted by molar-refractivity contribution is 6.00. The van der Waals surface area contributed by atoms with Crippen LogP contribution in [0.25, 0.3) is 0 Å². The Kier molecular flexibility index (Phi) is 5.35. The standard InChI is InChI=1S/C21H28O9/c1-6-7-15(24)28-14-9-19(4,30-11(3)22)12-8-13(23)10(2)16(12)17-21(14,27)20(5,26)18(25)29-17/h12,14,17,26-27H,6-9H2,1-5H3/t12-,14-,17-,19-,20+,21+/m0/s1. The van der Waals surface area contributed by atoms with Crippen LogP contribution in [0.3, 0.4) is 0 Å². The number of aliphatic hydroxyl groups is 2. The third kappa shape index (κ3) is 3.06. The molecular formula is C21H28O9. The zero-order chi connectivity index (χ0) is 22.6. The van der Waals surface area contributed by atoms with Crippen molar-refractivity contribution in [3.05, 3.63) is 11.1 Å². The number of esters is 3. The molecule has 0 amide bonds. The molecule has 166 valence electrons. The van der Waals surface area contributed by atoms with Crippen LogP contribution in [0.2, 0.25) is 0 Å². The van der Waals surface area contributed by atoms with Gasteiger partial charge in [-0.1, -0.05) is 6.92 Å². The number of hydrogen-bond acceptors (Lipinski definition) is 9. The van der Waals surface area contributed by atoms with E-state index >= 15 is 0 Å². The number of Topliss-reactive ketones (excluding diaryl/α,β-unsaturated/α-hetero) is 1. The number of ether oxygens (including phenoxy) is 3. The van der Waals surface area contributed by atoms with Crippen LogP contribution in [0.5, 0.6) is 0 Å². The summed E-state index contributed by atoms with van der Waals surface area (Å²) >= 11 is 0. The molecule has 2 aliphatic carbocycles. The lowest BCUT2D eigenvalue weighted by molar-refractivity contribution is -0.210. The molecule has 30 heavy (non-hydrogen) atoms. The van der Waals surface area contributed by atoms with Gasteiger partial charge < -0.3 is 24.4 Å². The normalized spacial score (nSPS) is 40.4. The molecule has 3 rings (SSSR count). The summed E-state index contributed by atoms with van der Waals surface area (Å²) in [5, 5.41) is 22.7. The molecule has 0 aromatic carbocycles. The van der Waals surface area contributed by atoms with E-state index in [9.17, 15) is 29.4 Å². The number of rotatable bonds is 4. The van der Waals surface area contributed by atoms with E-state index in [1.54, 1.807) is 13.8 Å². The van der Waals surface area contributed by atoms with Crippen molar-refractivity contribution < 1.29 is 43.6 Å². The van der Waals surface area contributed by atoms with Crippen LogP contribution in [-0.2, 0) is 33.4 Å². The average Bonchev–Trinajstić information content (AvgIpc) is 2.98. The largest absolute Gasteiger partial charge is 0.459 e. The average molecular weight is 424 g/mol. The van der Waals surface area contributed by atoms with Crippen LogP contribution in [-0.4, -0.2) is 62.9 Å². The van der Waals surface area contributed by atoms with Crippen LogP contribution in [0.4, 0.5) is 0 Å². The van der Waals surface area contributed by atoms with Crippen molar-refractivity contribution in [3.63, 3.8) is 0 Å². The summed E-state index contributed by atoms with van der Waals surface area (Å²) in [5.41, 5.74) is -5.57. The maximum absolute atomic E-state index is 12.5. The van der Waals surface area contributed by atoms with Gasteiger partial charge in [0.15, 0.2) is 23.1 Å². The molecule has 0 bridgehead atoms. The van der Waals surface area contributed by atoms with Crippen molar-refractivity contribution >= 4 is 23.7 Å². The molecule has 1 aliphatic heterocycles. The minimum Gasteiger partial charge on any atom is -0.459 e. The van der Waals surface area contributed by atoms with E-state index in [1.165, 1.54) is 13.8 Å². The topological polar surface area (TPSA) is 136 Å². The number of carbonyl (C=O) groups excluding carboxylic acids is 4. The molecule has 0 aromatic heterocycles. The molecular weight excluding hydrogens is 396 g/mol.